The van der Waals surface area contributed by atoms with E-state index >= 15 is 0 Å². The van der Waals surface area contributed by atoms with E-state index in [2.05, 4.69) is 45.8 Å². The fourth-order valence-corrected chi connectivity index (χ4v) is 2.82. The summed E-state index contributed by atoms with van der Waals surface area (Å²) >= 11 is 3.46. The maximum absolute atomic E-state index is 10.6. The molecule has 1 aliphatic heterocycles. The molecule has 0 aromatic rings. The molecular weight excluding hydrogens is 288 g/mol. The van der Waals surface area contributed by atoms with Crippen molar-refractivity contribution >= 4 is 30.3 Å². The van der Waals surface area contributed by atoms with Crippen molar-refractivity contribution in [2.24, 2.45) is 0 Å². The zero-order chi connectivity index (χ0) is 12.2. The topological polar surface area (TPSA) is 41.6 Å². The van der Waals surface area contributed by atoms with Crippen molar-refractivity contribution in [1.29, 1.82) is 0 Å². The Morgan fingerprint density at radius 1 is 1.56 bits per heavy atom. The molecule has 0 aliphatic carbocycles. The maximum atomic E-state index is 10.6. The third-order valence-corrected chi connectivity index (χ3v) is 5.07. The SMILES string of the molecule is C[Si](C)(C)CCOCN1CC(C=O)NC1Br. The molecular formula is C10H21BrN2O2Si. The standard InChI is InChI=1S/C10H21BrN2O2Si/c1-16(2,3)5-4-15-8-13-6-9(7-14)12-10(13)11/h7,9-10,12H,4-6,8H2,1-3H3. The lowest BCUT2D eigenvalue weighted by Gasteiger charge is -2.20. The van der Waals surface area contributed by atoms with Gasteiger partial charge in [-0.25, -0.2) is 0 Å². The van der Waals surface area contributed by atoms with Gasteiger partial charge in [-0.15, -0.1) is 0 Å². The van der Waals surface area contributed by atoms with Crippen molar-refractivity contribution < 1.29 is 9.53 Å². The molecule has 1 N–H and O–H groups in total. The summed E-state index contributed by atoms with van der Waals surface area (Å²) in [5, 5.41) is 3.16. The highest BCUT2D eigenvalue weighted by molar-refractivity contribution is 9.09. The quantitative estimate of drug-likeness (QED) is 0.265. The van der Waals surface area contributed by atoms with E-state index < -0.39 is 8.07 Å². The number of aldehydes is 1. The van der Waals surface area contributed by atoms with E-state index in [0.29, 0.717) is 13.3 Å². The van der Waals surface area contributed by atoms with Gasteiger partial charge in [-0.1, -0.05) is 35.6 Å². The fourth-order valence-electron chi connectivity index (χ4n) is 1.44. The van der Waals surface area contributed by atoms with Crippen LogP contribution in [0.1, 0.15) is 0 Å². The summed E-state index contributed by atoms with van der Waals surface area (Å²) < 4.78 is 5.63. The molecule has 0 spiro atoms. The minimum Gasteiger partial charge on any atom is -0.366 e. The van der Waals surface area contributed by atoms with Gasteiger partial charge < -0.3 is 9.53 Å². The molecule has 94 valence electrons. The minimum absolute atomic E-state index is 0.0505. The van der Waals surface area contributed by atoms with Crippen molar-refractivity contribution in [2.45, 2.75) is 36.8 Å². The molecule has 16 heavy (non-hydrogen) atoms. The van der Waals surface area contributed by atoms with Crippen LogP contribution in [0.3, 0.4) is 0 Å². The van der Waals surface area contributed by atoms with Crippen LogP contribution >= 0.6 is 15.9 Å². The van der Waals surface area contributed by atoms with Crippen LogP contribution in [-0.2, 0) is 9.53 Å². The lowest BCUT2D eigenvalue weighted by atomic mass is 10.3. The molecule has 1 fully saturated rings. The third kappa shape index (κ3) is 5.05. The molecule has 0 aromatic carbocycles. The molecule has 1 saturated heterocycles. The van der Waals surface area contributed by atoms with E-state index in [0.717, 1.165) is 12.9 Å². The van der Waals surface area contributed by atoms with Gasteiger partial charge >= 0.3 is 0 Å². The van der Waals surface area contributed by atoms with Gasteiger partial charge in [0.2, 0.25) is 0 Å². The van der Waals surface area contributed by atoms with Gasteiger partial charge in [0.1, 0.15) is 18.1 Å². The Balaban J connectivity index is 2.16. The summed E-state index contributed by atoms with van der Waals surface area (Å²) in [6, 6.07) is 1.10. The predicted octanol–water partition coefficient (Wildman–Crippen LogP) is 1.45. The van der Waals surface area contributed by atoms with Crippen molar-refractivity contribution in [3.05, 3.63) is 0 Å². The molecule has 0 radical (unpaired) electrons. The summed E-state index contributed by atoms with van der Waals surface area (Å²) in [6.07, 6.45) is 0.941. The first-order valence-electron chi connectivity index (χ1n) is 5.59. The average molecular weight is 309 g/mol. The number of carbonyl (C=O) groups is 1. The Morgan fingerprint density at radius 2 is 2.25 bits per heavy atom. The number of nitrogens with zero attached hydrogens (tertiary/aromatic N) is 1. The van der Waals surface area contributed by atoms with E-state index in [9.17, 15) is 4.79 Å². The smallest absolute Gasteiger partial charge is 0.138 e. The number of nitrogens with one attached hydrogen (secondary N) is 1. The van der Waals surface area contributed by atoms with Gasteiger partial charge in [0.05, 0.1) is 6.04 Å². The Hall–Kier alpha value is 0.247. The van der Waals surface area contributed by atoms with Crippen molar-refractivity contribution in [2.75, 3.05) is 19.9 Å². The summed E-state index contributed by atoms with van der Waals surface area (Å²) in [6.45, 7) is 9.12. The number of alkyl halides is 1. The van der Waals surface area contributed by atoms with Crippen LogP contribution in [0.2, 0.25) is 25.7 Å². The largest absolute Gasteiger partial charge is 0.366 e. The van der Waals surface area contributed by atoms with Crippen LogP contribution in [-0.4, -0.2) is 50.3 Å². The van der Waals surface area contributed by atoms with Crippen molar-refractivity contribution in [3.63, 3.8) is 0 Å². The van der Waals surface area contributed by atoms with E-state index in [1.165, 1.54) is 6.04 Å². The van der Waals surface area contributed by atoms with Gasteiger partial charge in [-0.2, -0.15) is 0 Å². The molecule has 0 bridgehead atoms. The molecule has 0 amide bonds. The van der Waals surface area contributed by atoms with E-state index in [1.54, 1.807) is 0 Å². The molecule has 6 heteroatoms. The Kier molecular flexibility index (Phi) is 5.59. The molecule has 2 atom stereocenters. The molecule has 0 saturated carbocycles. The predicted molar refractivity (Wildman–Crippen MR) is 71.4 cm³/mol. The lowest BCUT2D eigenvalue weighted by Crippen LogP contribution is -2.33. The second kappa shape index (κ2) is 6.25. The van der Waals surface area contributed by atoms with Gasteiger partial charge in [0.15, 0.2) is 0 Å². The van der Waals surface area contributed by atoms with Crippen LogP contribution in [0, 0.1) is 0 Å². The van der Waals surface area contributed by atoms with Crippen LogP contribution in [0.25, 0.3) is 0 Å². The normalized spacial score (nSPS) is 27.2. The first-order valence-corrected chi connectivity index (χ1v) is 10.2. The van der Waals surface area contributed by atoms with Crippen molar-refractivity contribution in [3.8, 4) is 0 Å². The first-order chi connectivity index (χ1) is 7.42. The average Bonchev–Trinajstić information content (AvgIpc) is 2.53. The molecule has 2 unspecified atom stereocenters. The Bertz CT molecular complexity index is 235. The monoisotopic (exact) mass is 308 g/mol. The van der Waals surface area contributed by atoms with Crippen molar-refractivity contribution in [1.82, 2.24) is 10.2 Å². The lowest BCUT2D eigenvalue weighted by molar-refractivity contribution is -0.109. The third-order valence-electron chi connectivity index (χ3n) is 2.52. The van der Waals surface area contributed by atoms with E-state index in [1.807, 2.05) is 0 Å². The summed E-state index contributed by atoms with van der Waals surface area (Å²) in [5.74, 6) is 0. The fraction of sp³-hybridized carbons (Fsp3) is 0.900. The molecule has 1 aliphatic rings. The van der Waals surface area contributed by atoms with E-state index in [-0.39, 0.29) is 11.1 Å². The van der Waals surface area contributed by atoms with Gasteiger partial charge in [-0.05, 0) is 6.04 Å². The maximum Gasteiger partial charge on any atom is 0.138 e. The van der Waals surface area contributed by atoms with Crippen LogP contribution in [0.4, 0.5) is 0 Å². The number of carbonyl (C=O) groups excluding carboxylic acids is 1. The number of rotatable bonds is 6. The Morgan fingerprint density at radius 3 is 2.75 bits per heavy atom. The van der Waals surface area contributed by atoms with E-state index in [4.69, 9.17) is 4.74 Å². The highest BCUT2D eigenvalue weighted by Crippen LogP contribution is 2.13. The number of hydrogen-bond donors (Lipinski definition) is 1. The number of hydrogen-bond acceptors (Lipinski definition) is 4. The number of ether oxygens (including phenoxy) is 1. The summed E-state index contributed by atoms with van der Waals surface area (Å²) in [7, 11) is -0.998. The van der Waals surface area contributed by atoms with Gasteiger partial charge in [0, 0.05) is 21.2 Å². The minimum atomic E-state index is -0.998. The van der Waals surface area contributed by atoms with Crippen LogP contribution < -0.4 is 5.32 Å². The molecule has 0 aromatic heterocycles. The molecule has 4 nitrogen and oxygen atoms in total. The van der Waals surface area contributed by atoms with Gasteiger partial charge in [0.25, 0.3) is 0 Å². The molecule has 1 rings (SSSR count). The second-order valence-electron chi connectivity index (χ2n) is 5.36. The zero-order valence-corrected chi connectivity index (χ0v) is 12.8. The Labute approximate surface area is 107 Å². The summed E-state index contributed by atoms with van der Waals surface area (Å²) in [5.41, 5.74) is 0. The molecule has 1 heterocycles. The highest BCUT2D eigenvalue weighted by atomic mass is 79.9. The second-order valence-corrected chi connectivity index (χ2v) is 11.9. The van der Waals surface area contributed by atoms with Crippen LogP contribution in [0.15, 0.2) is 0 Å². The highest BCUT2D eigenvalue weighted by Gasteiger charge is 2.28. The zero-order valence-electron chi connectivity index (χ0n) is 10.2. The van der Waals surface area contributed by atoms with Gasteiger partial charge in [-0.3, -0.25) is 10.2 Å². The first kappa shape index (κ1) is 14.3. The summed E-state index contributed by atoms with van der Waals surface area (Å²) in [4.78, 5) is 12.7. The van der Waals surface area contributed by atoms with Crippen LogP contribution in [0.5, 0.6) is 0 Å². The number of halogens is 1.